The molecule has 0 radical (unpaired) electrons. The molecule has 0 spiro atoms. The molecule has 2 aromatic carbocycles. The van der Waals surface area contributed by atoms with Crippen LogP contribution in [0.1, 0.15) is 11.4 Å². The molecule has 0 unspecified atom stereocenters. The van der Waals surface area contributed by atoms with Crippen LogP contribution < -0.4 is 5.73 Å². The van der Waals surface area contributed by atoms with Crippen LogP contribution in [0.2, 0.25) is 5.02 Å². The van der Waals surface area contributed by atoms with E-state index < -0.39 is 0 Å². The fourth-order valence-corrected chi connectivity index (χ4v) is 2.29. The number of nitrogens with zero attached hydrogens (tertiary/aromatic N) is 1. The summed E-state index contributed by atoms with van der Waals surface area (Å²) in [6.45, 7) is 0. The molecule has 0 saturated carbocycles. The second-order valence-electron chi connectivity index (χ2n) is 4.34. The van der Waals surface area contributed by atoms with Gasteiger partial charge in [-0.25, -0.2) is 9.37 Å². The van der Waals surface area contributed by atoms with Crippen LogP contribution in [0.15, 0.2) is 36.4 Å². The molecule has 3 aromatic rings. The molecule has 19 heavy (non-hydrogen) atoms. The molecule has 3 rings (SSSR count). The molecule has 0 bridgehead atoms. The van der Waals surface area contributed by atoms with E-state index in [1.165, 1.54) is 6.07 Å². The van der Waals surface area contributed by atoms with Gasteiger partial charge in [-0.2, -0.15) is 0 Å². The van der Waals surface area contributed by atoms with Gasteiger partial charge in [0, 0.05) is 11.4 Å². The number of nitrogen functional groups attached to an aromatic ring is 1. The van der Waals surface area contributed by atoms with Crippen LogP contribution in [0.25, 0.3) is 11.0 Å². The summed E-state index contributed by atoms with van der Waals surface area (Å²) in [5, 5.41) is 0.547. The van der Waals surface area contributed by atoms with E-state index in [1.54, 1.807) is 30.3 Å². The van der Waals surface area contributed by atoms with Gasteiger partial charge in [-0.3, -0.25) is 0 Å². The van der Waals surface area contributed by atoms with E-state index >= 15 is 0 Å². The third-order valence-electron chi connectivity index (χ3n) is 2.95. The first-order chi connectivity index (χ1) is 9.13. The Balaban J connectivity index is 2.03. The molecular weight excluding hydrogens is 265 g/mol. The molecule has 3 nitrogen and oxygen atoms in total. The number of H-pyrrole nitrogens is 1. The Labute approximate surface area is 114 Å². The number of rotatable bonds is 2. The topological polar surface area (TPSA) is 54.7 Å². The SMILES string of the molecule is Nc1cc(Cl)cc2[nH]c(Cc3ccccc3F)nc12. The second kappa shape index (κ2) is 4.55. The molecule has 1 heterocycles. The van der Waals surface area contributed by atoms with E-state index in [-0.39, 0.29) is 5.82 Å². The minimum atomic E-state index is -0.242. The number of hydrogen-bond donors (Lipinski definition) is 2. The number of imidazole rings is 1. The van der Waals surface area contributed by atoms with Crippen molar-refractivity contribution >= 4 is 28.3 Å². The van der Waals surface area contributed by atoms with Gasteiger partial charge in [-0.15, -0.1) is 0 Å². The molecule has 0 amide bonds. The van der Waals surface area contributed by atoms with Gasteiger partial charge in [0.15, 0.2) is 0 Å². The lowest BCUT2D eigenvalue weighted by Crippen LogP contribution is -1.94. The van der Waals surface area contributed by atoms with Crippen molar-refractivity contribution in [3.63, 3.8) is 0 Å². The highest BCUT2D eigenvalue weighted by Crippen LogP contribution is 2.24. The Morgan fingerprint density at radius 3 is 2.84 bits per heavy atom. The fourth-order valence-electron chi connectivity index (χ4n) is 2.06. The number of nitrogens with two attached hydrogens (primary N) is 1. The van der Waals surface area contributed by atoms with E-state index in [9.17, 15) is 4.39 Å². The van der Waals surface area contributed by atoms with Crippen LogP contribution in [-0.2, 0) is 6.42 Å². The van der Waals surface area contributed by atoms with Crippen molar-refractivity contribution in [3.05, 3.63) is 58.6 Å². The summed E-state index contributed by atoms with van der Waals surface area (Å²) in [5.74, 6) is 0.419. The summed E-state index contributed by atoms with van der Waals surface area (Å²) in [6, 6.07) is 10.0. The van der Waals surface area contributed by atoms with E-state index in [2.05, 4.69) is 9.97 Å². The summed E-state index contributed by atoms with van der Waals surface area (Å²) < 4.78 is 13.6. The zero-order chi connectivity index (χ0) is 13.4. The minimum absolute atomic E-state index is 0.242. The maximum atomic E-state index is 13.6. The van der Waals surface area contributed by atoms with E-state index in [1.807, 2.05) is 0 Å². The zero-order valence-electron chi connectivity index (χ0n) is 9.95. The number of anilines is 1. The van der Waals surface area contributed by atoms with Gasteiger partial charge in [0.2, 0.25) is 0 Å². The quantitative estimate of drug-likeness (QED) is 0.703. The fraction of sp³-hybridized carbons (Fsp3) is 0.0714. The number of fused-ring (bicyclic) bond motifs is 1. The van der Waals surface area contributed by atoms with Gasteiger partial charge in [-0.05, 0) is 23.8 Å². The van der Waals surface area contributed by atoms with Gasteiger partial charge in [-0.1, -0.05) is 29.8 Å². The van der Waals surface area contributed by atoms with Gasteiger partial charge in [0.05, 0.1) is 11.2 Å². The Bertz CT molecular complexity index is 752. The van der Waals surface area contributed by atoms with Crippen molar-refractivity contribution in [2.45, 2.75) is 6.42 Å². The molecule has 0 aliphatic rings. The van der Waals surface area contributed by atoms with Gasteiger partial charge >= 0.3 is 0 Å². The largest absolute Gasteiger partial charge is 0.397 e. The molecule has 0 atom stereocenters. The Morgan fingerprint density at radius 2 is 2.05 bits per heavy atom. The predicted molar refractivity (Wildman–Crippen MR) is 74.7 cm³/mol. The Morgan fingerprint density at radius 1 is 1.26 bits per heavy atom. The van der Waals surface area contributed by atoms with E-state index in [0.717, 1.165) is 5.52 Å². The maximum Gasteiger partial charge on any atom is 0.126 e. The van der Waals surface area contributed by atoms with Crippen LogP contribution in [0.4, 0.5) is 10.1 Å². The van der Waals surface area contributed by atoms with Gasteiger partial charge in [0.1, 0.15) is 17.2 Å². The molecule has 0 saturated heterocycles. The summed E-state index contributed by atoms with van der Waals surface area (Å²) in [6.07, 6.45) is 0.387. The normalized spacial score (nSPS) is 11.1. The maximum absolute atomic E-state index is 13.6. The first-order valence-corrected chi connectivity index (χ1v) is 6.18. The van der Waals surface area contributed by atoms with Crippen LogP contribution in [0.5, 0.6) is 0 Å². The van der Waals surface area contributed by atoms with Gasteiger partial charge < -0.3 is 10.7 Å². The number of halogens is 2. The summed E-state index contributed by atoms with van der Waals surface area (Å²) in [7, 11) is 0. The molecular formula is C14H11ClFN3. The Kier molecular flexibility index (Phi) is 2.87. The lowest BCUT2D eigenvalue weighted by Gasteiger charge is -1.99. The standard InChI is InChI=1S/C14H11ClFN3/c15-9-6-11(17)14-12(7-9)18-13(19-14)5-8-3-1-2-4-10(8)16/h1-4,6-7H,5,17H2,(H,18,19). The van der Waals surface area contributed by atoms with Crippen LogP contribution >= 0.6 is 11.6 Å². The number of hydrogen-bond acceptors (Lipinski definition) is 2. The molecule has 0 aliphatic carbocycles. The monoisotopic (exact) mass is 275 g/mol. The van der Waals surface area contributed by atoms with Crippen LogP contribution in [0.3, 0.4) is 0 Å². The highest BCUT2D eigenvalue weighted by atomic mass is 35.5. The van der Waals surface area contributed by atoms with E-state index in [4.69, 9.17) is 17.3 Å². The van der Waals surface area contributed by atoms with Crippen molar-refractivity contribution in [1.82, 2.24) is 9.97 Å². The van der Waals surface area contributed by atoms with Crippen molar-refractivity contribution < 1.29 is 4.39 Å². The highest BCUT2D eigenvalue weighted by Gasteiger charge is 2.09. The number of benzene rings is 2. The van der Waals surface area contributed by atoms with Crippen molar-refractivity contribution in [2.75, 3.05) is 5.73 Å². The summed E-state index contributed by atoms with van der Waals surface area (Å²) in [5.41, 5.74) is 8.38. The molecule has 96 valence electrons. The molecule has 1 aromatic heterocycles. The lowest BCUT2D eigenvalue weighted by molar-refractivity contribution is 0.612. The molecule has 0 fully saturated rings. The van der Waals surface area contributed by atoms with Crippen molar-refractivity contribution in [2.24, 2.45) is 0 Å². The highest BCUT2D eigenvalue weighted by molar-refractivity contribution is 6.31. The first-order valence-electron chi connectivity index (χ1n) is 5.80. The minimum Gasteiger partial charge on any atom is -0.397 e. The zero-order valence-corrected chi connectivity index (χ0v) is 10.7. The smallest absolute Gasteiger partial charge is 0.126 e. The van der Waals surface area contributed by atoms with E-state index in [0.29, 0.717) is 34.0 Å². The van der Waals surface area contributed by atoms with Gasteiger partial charge in [0.25, 0.3) is 0 Å². The van der Waals surface area contributed by atoms with Crippen LogP contribution in [0, 0.1) is 5.82 Å². The third kappa shape index (κ3) is 2.27. The summed E-state index contributed by atoms with van der Waals surface area (Å²) in [4.78, 5) is 7.49. The number of nitrogens with one attached hydrogen (secondary N) is 1. The van der Waals surface area contributed by atoms with Crippen molar-refractivity contribution in [1.29, 1.82) is 0 Å². The van der Waals surface area contributed by atoms with Crippen molar-refractivity contribution in [3.8, 4) is 0 Å². The number of aromatic amines is 1. The third-order valence-corrected chi connectivity index (χ3v) is 3.16. The second-order valence-corrected chi connectivity index (χ2v) is 4.78. The summed E-state index contributed by atoms with van der Waals surface area (Å²) >= 11 is 5.93. The average molecular weight is 276 g/mol. The molecule has 5 heteroatoms. The lowest BCUT2D eigenvalue weighted by atomic mass is 10.1. The number of aromatic nitrogens is 2. The average Bonchev–Trinajstić information content (AvgIpc) is 2.75. The Hall–Kier alpha value is -2.07. The van der Waals surface area contributed by atoms with Crippen LogP contribution in [-0.4, -0.2) is 9.97 Å². The molecule has 0 aliphatic heterocycles. The predicted octanol–water partition coefficient (Wildman–Crippen LogP) is 3.53. The molecule has 3 N–H and O–H groups in total. The first kappa shape index (κ1) is 12.0.